The molecule has 6 nitrogen and oxygen atoms in total. The first kappa shape index (κ1) is 19.1. The highest BCUT2D eigenvalue weighted by Gasteiger charge is 2.31. The van der Waals surface area contributed by atoms with Gasteiger partial charge in [0.2, 0.25) is 5.91 Å². The van der Waals surface area contributed by atoms with Gasteiger partial charge in [-0.3, -0.25) is 14.5 Å². The number of aliphatic imine (C=N–C) groups is 1. The number of sulfonamides is 1. The lowest BCUT2D eigenvalue weighted by atomic mass is 10.1. The molecule has 1 unspecified atom stereocenters. The Labute approximate surface area is 159 Å². The predicted molar refractivity (Wildman–Crippen MR) is 106 cm³/mol. The van der Waals surface area contributed by atoms with Crippen LogP contribution in [0, 0.1) is 6.92 Å². The summed E-state index contributed by atoms with van der Waals surface area (Å²) in [4.78, 5) is 17.4. The molecule has 1 amide bonds. The minimum Gasteiger partial charge on any atom is -0.324 e. The molecule has 1 atom stereocenters. The molecule has 0 aliphatic carbocycles. The summed E-state index contributed by atoms with van der Waals surface area (Å²) in [5, 5.41) is 2.87. The fourth-order valence-electron chi connectivity index (χ4n) is 2.90. The number of aryl methyl sites for hydroxylation is 1. The summed E-state index contributed by atoms with van der Waals surface area (Å²) in [6.07, 6.45) is 2.28. The largest absolute Gasteiger partial charge is 0.324 e. The fourth-order valence-corrected chi connectivity index (χ4v) is 4.14. The van der Waals surface area contributed by atoms with Gasteiger partial charge >= 0.3 is 0 Å². The lowest BCUT2D eigenvalue weighted by Gasteiger charge is -2.14. The summed E-state index contributed by atoms with van der Waals surface area (Å²) < 4.78 is 27.0. The minimum absolute atomic E-state index is 0.192. The molecular weight excluding hydrogens is 362 g/mol. The minimum atomic E-state index is -3.62. The summed E-state index contributed by atoms with van der Waals surface area (Å²) in [5.74, 6) is -0.0193. The second-order valence-corrected chi connectivity index (χ2v) is 8.24. The Morgan fingerprint density at radius 3 is 2.56 bits per heavy atom. The van der Waals surface area contributed by atoms with Gasteiger partial charge in [-0.25, -0.2) is 8.42 Å². The van der Waals surface area contributed by atoms with Gasteiger partial charge in [0.25, 0.3) is 10.0 Å². The van der Waals surface area contributed by atoms with Crippen LogP contribution in [-0.4, -0.2) is 26.2 Å². The van der Waals surface area contributed by atoms with Gasteiger partial charge in [-0.15, -0.1) is 0 Å². The molecular formula is C20H23N3O3S. The lowest BCUT2D eigenvalue weighted by Crippen LogP contribution is -2.30. The van der Waals surface area contributed by atoms with Gasteiger partial charge in [-0.2, -0.15) is 0 Å². The van der Waals surface area contributed by atoms with Crippen LogP contribution in [-0.2, 0) is 14.8 Å². The maximum atomic E-state index is 12.8. The van der Waals surface area contributed by atoms with E-state index in [0.717, 1.165) is 18.4 Å². The molecule has 0 saturated heterocycles. The van der Waals surface area contributed by atoms with Crippen LogP contribution in [0.25, 0.3) is 0 Å². The molecule has 1 aliphatic heterocycles. The van der Waals surface area contributed by atoms with Gasteiger partial charge in [0.05, 0.1) is 4.90 Å². The Hall–Kier alpha value is -2.67. The van der Waals surface area contributed by atoms with E-state index in [0.29, 0.717) is 17.7 Å². The zero-order chi connectivity index (χ0) is 19.4. The quantitative estimate of drug-likeness (QED) is 0.800. The van der Waals surface area contributed by atoms with Crippen LogP contribution in [0.3, 0.4) is 0 Å². The number of amidine groups is 1. The van der Waals surface area contributed by atoms with Crippen molar-refractivity contribution in [2.45, 2.75) is 44.0 Å². The third-order valence-electron chi connectivity index (χ3n) is 4.40. The first-order valence-electron chi connectivity index (χ1n) is 8.98. The number of unbranched alkanes of at least 4 members (excludes halogenated alkanes) is 1. The molecule has 2 N–H and O–H groups in total. The first-order valence-corrected chi connectivity index (χ1v) is 10.5. The van der Waals surface area contributed by atoms with E-state index in [4.69, 9.17) is 0 Å². The lowest BCUT2D eigenvalue weighted by molar-refractivity contribution is -0.117. The molecule has 7 heteroatoms. The highest BCUT2D eigenvalue weighted by Crippen LogP contribution is 2.23. The molecule has 0 aromatic heterocycles. The number of carbonyl (C=O) groups is 1. The van der Waals surface area contributed by atoms with Crippen molar-refractivity contribution in [3.63, 3.8) is 0 Å². The van der Waals surface area contributed by atoms with Crippen molar-refractivity contribution in [2.24, 2.45) is 4.99 Å². The molecule has 0 bridgehead atoms. The number of anilines is 1. The number of rotatable bonds is 6. The van der Waals surface area contributed by atoms with Gasteiger partial charge in [0.1, 0.15) is 11.9 Å². The summed E-state index contributed by atoms with van der Waals surface area (Å²) >= 11 is 0. The maximum Gasteiger partial charge on any atom is 0.263 e. The zero-order valence-electron chi connectivity index (χ0n) is 15.4. The third-order valence-corrected chi connectivity index (χ3v) is 5.80. The Kier molecular flexibility index (Phi) is 5.60. The highest BCUT2D eigenvalue weighted by atomic mass is 32.2. The van der Waals surface area contributed by atoms with E-state index in [2.05, 4.69) is 15.0 Å². The molecule has 142 valence electrons. The van der Waals surface area contributed by atoms with Crippen molar-refractivity contribution in [1.29, 1.82) is 0 Å². The van der Waals surface area contributed by atoms with Gasteiger partial charge in [-0.1, -0.05) is 49.6 Å². The Morgan fingerprint density at radius 1 is 1.15 bits per heavy atom. The van der Waals surface area contributed by atoms with E-state index in [1.54, 1.807) is 18.2 Å². The molecule has 0 radical (unpaired) electrons. The number of amides is 1. The molecule has 2 aromatic rings. The monoisotopic (exact) mass is 385 g/mol. The molecule has 3 rings (SSSR count). The van der Waals surface area contributed by atoms with Gasteiger partial charge in [0.15, 0.2) is 0 Å². The molecule has 0 spiro atoms. The van der Waals surface area contributed by atoms with Crippen LogP contribution < -0.4 is 10.0 Å². The number of nitrogens with one attached hydrogen (secondary N) is 2. The van der Waals surface area contributed by atoms with Crippen molar-refractivity contribution < 1.29 is 13.2 Å². The van der Waals surface area contributed by atoms with Gasteiger partial charge in [-0.05, 0) is 37.6 Å². The SMILES string of the molecule is CCCCC(N=C1NS(=O)(=O)c2ccccc21)C(=O)Nc1ccc(C)cc1. The summed E-state index contributed by atoms with van der Waals surface area (Å²) in [6, 6.07) is 13.5. The standard InChI is InChI=1S/C20H23N3O3S/c1-3-4-8-17(20(24)21-15-12-10-14(2)11-13-15)22-19-16-7-5-6-9-18(16)27(25,26)23-19/h5-7,9-13,17H,3-4,8H2,1-2H3,(H,21,24)(H,22,23). The van der Waals surface area contributed by atoms with Crippen LogP contribution in [0.4, 0.5) is 5.69 Å². The average Bonchev–Trinajstić information content (AvgIpc) is 2.91. The van der Waals surface area contributed by atoms with E-state index < -0.39 is 16.1 Å². The third kappa shape index (κ3) is 4.36. The molecule has 1 aliphatic rings. The van der Waals surface area contributed by atoms with E-state index in [1.165, 1.54) is 6.07 Å². The number of fused-ring (bicyclic) bond motifs is 1. The van der Waals surface area contributed by atoms with Gasteiger partial charge < -0.3 is 5.32 Å². The molecule has 27 heavy (non-hydrogen) atoms. The van der Waals surface area contributed by atoms with Crippen LogP contribution in [0.5, 0.6) is 0 Å². The summed E-state index contributed by atoms with van der Waals surface area (Å²) in [6.45, 7) is 4.01. The van der Waals surface area contributed by atoms with E-state index in [-0.39, 0.29) is 16.6 Å². The van der Waals surface area contributed by atoms with Crippen LogP contribution in [0.15, 0.2) is 58.4 Å². The number of hydrogen-bond donors (Lipinski definition) is 2. The normalized spacial score (nSPS) is 17.2. The Balaban J connectivity index is 1.88. The van der Waals surface area contributed by atoms with Crippen LogP contribution in [0.1, 0.15) is 37.3 Å². The number of carbonyl (C=O) groups excluding carboxylic acids is 1. The average molecular weight is 385 g/mol. The summed E-state index contributed by atoms with van der Waals surface area (Å²) in [7, 11) is -3.62. The van der Waals surface area contributed by atoms with Crippen LogP contribution in [0.2, 0.25) is 0 Å². The van der Waals surface area contributed by atoms with Crippen LogP contribution >= 0.6 is 0 Å². The van der Waals surface area contributed by atoms with Crippen molar-refractivity contribution in [2.75, 3.05) is 5.32 Å². The zero-order valence-corrected chi connectivity index (χ0v) is 16.2. The topological polar surface area (TPSA) is 87.6 Å². The van der Waals surface area contributed by atoms with E-state index >= 15 is 0 Å². The number of benzene rings is 2. The molecule has 0 saturated carbocycles. The van der Waals surface area contributed by atoms with E-state index in [1.807, 2.05) is 38.1 Å². The Morgan fingerprint density at radius 2 is 1.85 bits per heavy atom. The van der Waals surface area contributed by atoms with Gasteiger partial charge in [0, 0.05) is 11.3 Å². The summed E-state index contributed by atoms with van der Waals surface area (Å²) in [5.41, 5.74) is 2.30. The molecule has 0 fully saturated rings. The highest BCUT2D eigenvalue weighted by molar-refractivity contribution is 7.90. The molecule has 2 aromatic carbocycles. The van der Waals surface area contributed by atoms with Crippen molar-refractivity contribution >= 4 is 27.5 Å². The first-order chi connectivity index (χ1) is 12.9. The smallest absolute Gasteiger partial charge is 0.263 e. The molecule has 1 heterocycles. The number of hydrogen-bond acceptors (Lipinski definition) is 4. The van der Waals surface area contributed by atoms with E-state index in [9.17, 15) is 13.2 Å². The second-order valence-electron chi connectivity index (χ2n) is 6.59. The maximum absolute atomic E-state index is 12.8. The van der Waals surface area contributed by atoms with Crippen molar-refractivity contribution in [3.8, 4) is 0 Å². The fraction of sp³-hybridized carbons (Fsp3) is 0.300. The van der Waals surface area contributed by atoms with Crippen molar-refractivity contribution in [3.05, 3.63) is 59.7 Å². The predicted octanol–water partition coefficient (Wildman–Crippen LogP) is 3.23. The number of nitrogens with zero attached hydrogens (tertiary/aromatic N) is 1. The van der Waals surface area contributed by atoms with Crippen molar-refractivity contribution in [1.82, 2.24) is 4.72 Å². The Bertz CT molecular complexity index is 966. The second kappa shape index (κ2) is 7.92.